The number of hydrogen-bond acceptors (Lipinski definition) is 5. The molecule has 1 N–H and O–H groups in total. The Hall–Kier alpha value is -2.90. The quantitative estimate of drug-likeness (QED) is 0.775. The first kappa shape index (κ1) is 15.6. The van der Waals surface area contributed by atoms with E-state index in [1.165, 1.54) is 0 Å². The molecule has 1 fully saturated rings. The van der Waals surface area contributed by atoms with Gasteiger partial charge >= 0.3 is 5.69 Å². The van der Waals surface area contributed by atoms with E-state index in [0.717, 1.165) is 17.7 Å². The number of likely N-dealkylation sites (tertiary alicyclic amines) is 1. The van der Waals surface area contributed by atoms with Gasteiger partial charge in [0.15, 0.2) is 5.65 Å². The van der Waals surface area contributed by atoms with E-state index in [9.17, 15) is 9.59 Å². The second kappa shape index (κ2) is 5.87. The average Bonchev–Trinajstić information content (AvgIpc) is 3.27. The molecule has 0 saturated carbocycles. The lowest BCUT2D eigenvalue weighted by atomic mass is 10.1. The number of nitrogens with one attached hydrogen (secondary N) is 1. The number of pyridine rings is 1. The highest BCUT2D eigenvalue weighted by molar-refractivity contribution is 5.79. The molecule has 8 nitrogen and oxygen atoms in total. The number of nitrogens with zero attached hydrogens (tertiary/aromatic N) is 4. The van der Waals surface area contributed by atoms with Crippen LogP contribution in [0.25, 0.3) is 11.2 Å². The van der Waals surface area contributed by atoms with E-state index in [2.05, 4.69) is 15.1 Å². The molecule has 1 saturated heterocycles. The fraction of sp³-hybridized carbons (Fsp3) is 0.412. The van der Waals surface area contributed by atoms with Crippen molar-refractivity contribution in [1.82, 2.24) is 24.6 Å². The minimum atomic E-state index is -0.182. The average molecular weight is 341 g/mol. The Balaban J connectivity index is 1.54. The van der Waals surface area contributed by atoms with Gasteiger partial charge < -0.3 is 14.4 Å². The van der Waals surface area contributed by atoms with Crippen LogP contribution in [0.4, 0.5) is 0 Å². The summed E-state index contributed by atoms with van der Waals surface area (Å²) in [7, 11) is 0. The van der Waals surface area contributed by atoms with Crippen LogP contribution in [0.5, 0.6) is 0 Å². The normalized spacial score (nSPS) is 17.5. The van der Waals surface area contributed by atoms with E-state index >= 15 is 0 Å². The fourth-order valence-corrected chi connectivity index (χ4v) is 3.49. The second-order valence-corrected chi connectivity index (χ2v) is 6.44. The third-order valence-electron chi connectivity index (χ3n) is 4.87. The molecule has 0 radical (unpaired) electrons. The maximum atomic E-state index is 12.6. The van der Waals surface area contributed by atoms with Gasteiger partial charge in [-0.2, -0.15) is 0 Å². The zero-order valence-electron chi connectivity index (χ0n) is 14.2. The number of hydrogen-bond donors (Lipinski definition) is 1. The summed E-state index contributed by atoms with van der Waals surface area (Å²) in [5, 5.41) is 3.89. The molecule has 3 aromatic rings. The molecule has 25 heavy (non-hydrogen) atoms. The SMILES string of the molecule is Cc1noc(C)c1CC(=O)N1CC[C@@H](n2c(=O)[nH]c3cccnc32)C1. The summed E-state index contributed by atoms with van der Waals surface area (Å²) in [6.45, 7) is 4.78. The van der Waals surface area contributed by atoms with Crippen molar-refractivity contribution < 1.29 is 9.32 Å². The van der Waals surface area contributed by atoms with Gasteiger partial charge in [0.1, 0.15) is 5.76 Å². The van der Waals surface area contributed by atoms with E-state index in [1.54, 1.807) is 21.7 Å². The van der Waals surface area contributed by atoms with Gasteiger partial charge in [0.05, 0.1) is 23.7 Å². The zero-order chi connectivity index (χ0) is 17.6. The standard InChI is InChI=1S/C17H19N5O3/c1-10-13(11(2)25-20-10)8-15(23)21-7-5-12(9-21)22-16-14(19-17(22)24)4-3-6-18-16/h3-4,6,12H,5,7-9H2,1-2H3,(H,19,24)/t12-/m1/s1. The van der Waals surface area contributed by atoms with E-state index < -0.39 is 0 Å². The molecular formula is C17H19N5O3. The van der Waals surface area contributed by atoms with Crippen molar-refractivity contribution in [2.24, 2.45) is 0 Å². The van der Waals surface area contributed by atoms with Gasteiger partial charge in [-0.3, -0.25) is 9.36 Å². The van der Waals surface area contributed by atoms with E-state index in [0.29, 0.717) is 30.0 Å². The Kier molecular flexibility index (Phi) is 3.67. The van der Waals surface area contributed by atoms with Crippen LogP contribution in [0.2, 0.25) is 0 Å². The number of fused-ring (bicyclic) bond motifs is 1. The van der Waals surface area contributed by atoms with Crippen LogP contribution in [0.3, 0.4) is 0 Å². The minimum absolute atomic E-state index is 0.0257. The third kappa shape index (κ3) is 2.63. The molecule has 0 aliphatic carbocycles. The van der Waals surface area contributed by atoms with Crippen LogP contribution in [0, 0.1) is 13.8 Å². The van der Waals surface area contributed by atoms with E-state index in [-0.39, 0.29) is 24.1 Å². The van der Waals surface area contributed by atoms with Crippen molar-refractivity contribution in [3.8, 4) is 0 Å². The van der Waals surface area contributed by atoms with Gasteiger partial charge in [0.2, 0.25) is 5.91 Å². The van der Waals surface area contributed by atoms with Gasteiger partial charge in [0, 0.05) is 24.8 Å². The smallest absolute Gasteiger partial charge is 0.327 e. The van der Waals surface area contributed by atoms with Crippen molar-refractivity contribution in [3.05, 3.63) is 45.8 Å². The molecule has 1 amide bonds. The number of imidazole rings is 1. The minimum Gasteiger partial charge on any atom is -0.361 e. The second-order valence-electron chi connectivity index (χ2n) is 6.44. The van der Waals surface area contributed by atoms with Crippen LogP contribution in [-0.2, 0) is 11.2 Å². The number of carbonyl (C=O) groups excluding carboxylic acids is 1. The molecule has 0 unspecified atom stereocenters. The topological polar surface area (TPSA) is 97.0 Å². The summed E-state index contributed by atoms with van der Waals surface area (Å²) in [5.74, 6) is 0.705. The number of aryl methyl sites for hydroxylation is 2. The lowest BCUT2D eigenvalue weighted by Crippen LogP contribution is -2.32. The Morgan fingerprint density at radius 1 is 1.44 bits per heavy atom. The largest absolute Gasteiger partial charge is 0.361 e. The van der Waals surface area contributed by atoms with Crippen LogP contribution < -0.4 is 5.69 Å². The molecule has 1 atom stereocenters. The van der Waals surface area contributed by atoms with Gasteiger partial charge in [-0.15, -0.1) is 0 Å². The van der Waals surface area contributed by atoms with Crippen molar-refractivity contribution in [3.63, 3.8) is 0 Å². The number of carbonyl (C=O) groups is 1. The molecule has 3 aromatic heterocycles. The number of rotatable bonds is 3. The van der Waals surface area contributed by atoms with Gasteiger partial charge in [0.25, 0.3) is 0 Å². The summed E-state index contributed by atoms with van der Waals surface area (Å²) in [6, 6.07) is 3.55. The van der Waals surface area contributed by atoms with Gasteiger partial charge in [-0.1, -0.05) is 5.16 Å². The summed E-state index contributed by atoms with van der Waals surface area (Å²) >= 11 is 0. The fourth-order valence-electron chi connectivity index (χ4n) is 3.49. The van der Waals surface area contributed by atoms with E-state index in [1.807, 2.05) is 19.9 Å². The lowest BCUT2D eigenvalue weighted by molar-refractivity contribution is -0.129. The van der Waals surface area contributed by atoms with Gasteiger partial charge in [-0.25, -0.2) is 9.78 Å². The molecule has 8 heteroatoms. The van der Waals surface area contributed by atoms with Crippen LogP contribution >= 0.6 is 0 Å². The number of amides is 1. The van der Waals surface area contributed by atoms with Crippen molar-refractivity contribution in [2.75, 3.05) is 13.1 Å². The van der Waals surface area contributed by atoms with Crippen molar-refractivity contribution in [1.29, 1.82) is 0 Å². The van der Waals surface area contributed by atoms with Crippen LogP contribution in [0.1, 0.15) is 29.5 Å². The molecule has 1 aliphatic heterocycles. The highest BCUT2D eigenvalue weighted by Crippen LogP contribution is 2.24. The first-order valence-corrected chi connectivity index (χ1v) is 8.29. The van der Waals surface area contributed by atoms with Crippen molar-refractivity contribution >= 4 is 17.1 Å². The monoisotopic (exact) mass is 341 g/mol. The number of aromatic amines is 1. The Morgan fingerprint density at radius 2 is 2.28 bits per heavy atom. The predicted octanol–water partition coefficient (Wildman–Crippen LogP) is 1.35. The van der Waals surface area contributed by atoms with E-state index in [4.69, 9.17) is 4.52 Å². The first-order valence-electron chi connectivity index (χ1n) is 8.29. The van der Waals surface area contributed by atoms with Crippen molar-refractivity contribution in [2.45, 2.75) is 32.7 Å². The third-order valence-corrected chi connectivity index (χ3v) is 4.87. The highest BCUT2D eigenvalue weighted by atomic mass is 16.5. The Labute approximate surface area is 143 Å². The first-order chi connectivity index (χ1) is 12.0. The van der Waals surface area contributed by atoms with Crippen LogP contribution in [-0.4, -0.2) is 43.6 Å². The van der Waals surface area contributed by atoms with Crippen LogP contribution in [0.15, 0.2) is 27.6 Å². The maximum absolute atomic E-state index is 12.6. The molecule has 1 aliphatic rings. The van der Waals surface area contributed by atoms with Gasteiger partial charge in [-0.05, 0) is 32.4 Å². The lowest BCUT2D eigenvalue weighted by Gasteiger charge is -2.17. The predicted molar refractivity (Wildman–Crippen MR) is 90.3 cm³/mol. The summed E-state index contributed by atoms with van der Waals surface area (Å²) in [5.41, 5.74) is 2.77. The summed E-state index contributed by atoms with van der Waals surface area (Å²) in [4.78, 5) is 33.8. The molecule has 0 aromatic carbocycles. The summed E-state index contributed by atoms with van der Waals surface area (Å²) in [6.07, 6.45) is 2.67. The molecular weight excluding hydrogens is 322 g/mol. The molecule has 4 rings (SSSR count). The maximum Gasteiger partial charge on any atom is 0.327 e. The Morgan fingerprint density at radius 3 is 3.04 bits per heavy atom. The highest BCUT2D eigenvalue weighted by Gasteiger charge is 2.30. The number of H-pyrrole nitrogens is 1. The molecule has 0 bridgehead atoms. The zero-order valence-corrected chi connectivity index (χ0v) is 14.2. The molecule has 0 spiro atoms. The molecule has 130 valence electrons. The Bertz CT molecular complexity index is 980. The molecule has 4 heterocycles. The number of aromatic nitrogens is 4. The summed E-state index contributed by atoms with van der Waals surface area (Å²) < 4.78 is 6.79.